The molecular formula is C52H76N4O9. The lowest BCUT2D eigenvalue weighted by Crippen LogP contribution is -2.70. The van der Waals surface area contributed by atoms with Gasteiger partial charge in [0.2, 0.25) is 0 Å². The van der Waals surface area contributed by atoms with Gasteiger partial charge in [-0.3, -0.25) is 19.4 Å². The molecule has 1 saturated heterocycles. The highest BCUT2D eigenvalue weighted by Gasteiger charge is 2.78. The van der Waals surface area contributed by atoms with E-state index in [1.165, 1.54) is 18.9 Å². The molecule has 1 heterocycles. The summed E-state index contributed by atoms with van der Waals surface area (Å²) < 4.78 is 5.60. The number of ether oxygens (including phenoxy) is 1. The molecule has 9 rings (SSSR count). The molecule has 13 nitrogen and oxygen atoms in total. The van der Waals surface area contributed by atoms with Gasteiger partial charge in [-0.25, -0.2) is 0 Å². The quantitative estimate of drug-likeness (QED) is 0.0623. The standard InChI is InChI=1S/C52H76N4O9/c1-26-9-10-29-12-14-35-27(2)16-41(60)50(5,63)47-32(8-6-7-30(17-37(35)36(29)15-26)33-18-42(61)65-25-33)21-52(64)44-43(31-11-13-34(24-56-48(53)54)51(47,52)20-31)49(4)22-40(59)39(58)19-38(49)46(62)45(44)55-23-28(3)57/h12,26-27,30-41,43,47,55,58-60,63-64H,8-11,13-25H2,1-5H3,(H4,53,54,56)/t26-,27-,30-,31+,32-,33-,34-,35+,36+,37+,38+,39-,40+,41-,43+,47-,49+,50+,51+,52-/m1/s1. The highest BCUT2D eigenvalue weighted by molar-refractivity contribution is 6.00. The van der Waals surface area contributed by atoms with Crippen LogP contribution in [0.4, 0.5) is 0 Å². The second-order valence-corrected chi connectivity index (χ2v) is 23.5. The van der Waals surface area contributed by atoms with Gasteiger partial charge in [-0.05, 0) is 155 Å². The first-order chi connectivity index (χ1) is 30.7. The Balaban J connectivity index is 1.23. The van der Waals surface area contributed by atoms with E-state index < -0.39 is 64.0 Å². The lowest BCUT2D eigenvalue weighted by molar-refractivity contribution is -0.227. The van der Waals surface area contributed by atoms with E-state index in [4.69, 9.17) is 16.2 Å². The Morgan fingerprint density at radius 1 is 0.954 bits per heavy atom. The van der Waals surface area contributed by atoms with Crippen molar-refractivity contribution in [1.29, 1.82) is 0 Å². The molecule has 6 fully saturated rings. The molecule has 10 N–H and O–H groups in total. The number of ketones is 2. The maximum atomic E-state index is 15.1. The van der Waals surface area contributed by atoms with Crippen LogP contribution in [0.2, 0.25) is 0 Å². The number of esters is 1. The number of aliphatic hydroxyl groups is 5. The number of nitrogens with two attached hydrogens (primary N) is 2. The van der Waals surface area contributed by atoms with Gasteiger partial charge in [-0.15, -0.1) is 5.92 Å². The number of aliphatic imine (C=N–C) groups is 1. The van der Waals surface area contributed by atoms with Crippen LogP contribution in [0.5, 0.6) is 0 Å². The maximum Gasteiger partial charge on any atom is 0.306 e. The summed E-state index contributed by atoms with van der Waals surface area (Å²) in [5.74, 6) is 5.18. The highest BCUT2D eigenvalue weighted by atomic mass is 16.5. The van der Waals surface area contributed by atoms with Crippen LogP contribution >= 0.6 is 0 Å². The van der Waals surface area contributed by atoms with Crippen molar-refractivity contribution in [3.63, 3.8) is 0 Å². The number of cyclic esters (lactones) is 1. The molecule has 0 amide bonds. The smallest absolute Gasteiger partial charge is 0.306 e. The number of carbonyl (C=O) groups excluding carboxylic acids is 3. The van der Waals surface area contributed by atoms with Crippen LogP contribution in [-0.4, -0.2) is 98.2 Å². The summed E-state index contributed by atoms with van der Waals surface area (Å²) >= 11 is 0. The van der Waals surface area contributed by atoms with E-state index in [1.54, 1.807) is 6.92 Å². The molecule has 1 aliphatic heterocycles. The number of allylic oxidation sites excluding steroid dienone is 3. The molecule has 0 aromatic carbocycles. The average molecular weight is 901 g/mol. The summed E-state index contributed by atoms with van der Waals surface area (Å²) in [5.41, 5.74) is 8.85. The van der Waals surface area contributed by atoms with Gasteiger partial charge >= 0.3 is 5.97 Å². The summed E-state index contributed by atoms with van der Waals surface area (Å²) in [7, 11) is 0. The van der Waals surface area contributed by atoms with E-state index >= 15 is 4.79 Å². The fourth-order valence-electron chi connectivity index (χ4n) is 17.0. The molecule has 1 spiro atoms. The van der Waals surface area contributed by atoms with Crippen LogP contribution in [0, 0.1) is 99.6 Å². The van der Waals surface area contributed by atoms with Crippen molar-refractivity contribution >= 4 is 23.5 Å². The predicted octanol–water partition coefficient (Wildman–Crippen LogP) is 3.93. The van der Waals surface area contributed by atoms with Gasteiger partial charge < -0.3 is 47.1 Å². The number of nitrogens with zero attached hydrogens (tertiary/aromatic N) is 1. The molecule has 20 atom stereocenters. The molecule has 0 aromatic heterocycles. The van der Waals surface area contributed by atoms with Crippen molar-refractivity contribution in [2.24, 2.45) is 104 Å². The van der Waals surface area contributed by atoms with Crippen LogP contribution in [0.15, 0.2) is 27.9 Å². The molecule has 0 unspecified atom stereocenters. The van der Waals surface area contributed by atoms with Crippen molar-refractivity contribution in [1.82, 2.24) is 5.32 Å². The maximum absolute atomic E-state index is 15.1. The van der Waals surface area contributed by atoms with Crippen molar-refractivity contribution in [3.8, 4) is 11.8 Å². The molecule has 65 heavy (non-hydrogen) atoms. The van der Waals surface area contributed by atoms with Gasteiger partial charge in [-0.1, -0.05) is 38.3 Å². The molecule has 5 saturated carbocycles. The Bertz CT molecular complexity index is 2090. The van der Waals surface area contributed by atoms with E-state index in [2.05, 4.69) is 42.1 Å². The van der Waals surface area contributed by atoms with E-state index in [0.29, 0.717) is 62.0 Å². The fraction of sp³-hybridized carbons (Fsp3) is 0.808. The average Bonchev–Trinajstić information content (AvgIpc) is 3.78. The largest absolute Gasteiger partial charge is 0.465 e. The van der Waals surface area contributed by atoms with Gasteiger partial charge in [0.05, 0.1) is 54.8 Å². The zero-order valence-electron chi connectivity index (χ0n) is 39.3. The van der Waals surface area contributed by atoms with Gasteiger partial charge in [0.25, 0.3) is 0 Å². The van der Waals surface area contributed by atoms with Crippen molar-refractivity contribution in [2.75, 3.05) is 19.7 Å². The third kappa shape index (κ3) is 7.53. The van der Waals surface area contributed by atoms with Gasteiger partial charge in [0.15, 0.2) is 11.7 Å². The monoisotopic (exact) mass is 901 g/mol. The highest BCUT2D eigenvalue weighted by Crippen LogP contribution is 2.77. The van der Waals surface area contributed by atoms with Crippen molar-refractivity contribution in [2.45, 2.75) is 154 Å². The lowest BCUT2D eigenvalue weighted by Gasteiger charge is -2.68. The third-order valence-electron chi connectivity index (χ3n) is 19.8. The number of hydrogen-bond acceptors (Lipinski definition) is 11. The van der Waals surface area contributed by atoms with E-state index in [9.17, 15) is 35.1 Å². The Morgan fingerprint density at radius 2 is 1.72 bits per heavy atom. The second kappa shape index (κ2) is 17.0. The molecular weight excluding hydrogens is 825 g/mol. The number of carbonyl (C=O) groups is 3. The number of Topliss-reactive ketones (excluding diaryl/α,β-unsaturated/α-hetero) is 2. The van der Waals surface area contributed by atoms with Gasteiger partial charge in [-0.2, -0.15) is 0 Å². The lowest BCUT2D eigenvalue weighted by atomic mass is 9.37. The van der Waals surface area contributed by atoms with Crippen molar-refractivity contribution in [3.05, 3.63) is 22.9 Å². The molecule has 8 aliphatic carbocycles. The Labute approximate surface area is 385 Å². The molecule has 9 aliphatic rings. The van der Waals surface area contributed by atoms with Crippen LogP contribution in [-0.2, 0) is 19.1 Å². The first kappa shape index (κ1) is 46.8. The van der Waals surface area contributed by atoms with Gasteiger partial charge in [0.1, 0.15) is 5.78 Å². The molecule has 0 radical (unpaired) electrons. The summed E-state index contributed by atoms with van der Waals surface area (Å²) in [5, 5.41) is 66.3. The number of fused-ring (bicyclic) bond motifs is 10. The topological polar surface area (TPSA) is 238 Å². The van der Waals surface area contributed by atoms with Crippen LogP contribution in [0.1, 0.15) is 125 Å². The number of guanidine groups is 1. The minimum Gasteiger partial charge on any atom is -0.465 e. The second-order valence-electron chi connectivity index (χ2n) is 23.5. The predicted molar refractivity (Wildman–Crippen MR) is 244 cm³/mol. The Kier molecular flexibility index (Phi) is 12.3. The molecule has 0 aromatic rings. The summed E-state index contributed by atoms with van der Waals surface area (Å²) in [6, 6.07) is 0. The van der Waals surface area contributed by atoms with Crippen LogP contribution < -0.4 is 16.8 Å². The summed E-state index contributed by atoms with van der Waals surface area (Å²) in [6.45, 7) is 10.1. The zero-order valence-corrected chi connectivity index (χ0v) is 39.3. The van der Waals surface area contributed by atoms with Crippen molar-refractivity contribution < 1.29 is 44.7 Å². The first-order valence-corrected chi connectivity index (χ1v) is 25.1. The number of aliphatic hydroxyl groups excluding tert-OH is 3. The van der Waals surface area contributed by atoms with E-state index in [-0.39, 0.29) is 103 Å². The fourth-order valence-corrected chi connectivity index (χ4v) is 17.0. The minimum atomic E-state index is -1.76. The third-order valence-corrected chi connectivity index (χ3v) is 19.8. The van der Waals surface area contributed by atoms with Crippen LogP contribution in [0.25, 0.3) is 0 Å². The van der Waals surface area contributed by atoms with Gasteiger partial charge in [0, 0.05) is 42.1 Å². The number of nitrogens with one attached hydrogen (secondary N) is 1. The first-order valence-electron chi connectivity index (χ1n) is 25.1. The van der Waals surface area contributed by atoms with E-state index in [1.807, 2.05) is 6.92 Å². The molecule has 358 valence electrons. The summed E-state index contributed by atoms with van der Waals surface area (Å²) in [6.07, 6.45) is 7.24. The van der Waals surface area contributed by atoms with Crippen LogP contribution in [0.3, 0.4) is 0 Å². The number of rotatable bonds is 6. The molecule has 2 bridgehead atoms. The normalized spacial score (nSPS) is 49.2. The summed E-state index contributed by atoms with van der Waals surface area (Å²) in [4.78, 5) is 45.2. The Hall–Kier alpha value is -3.28. The SMILES string of the molecule is CC(=O)CNC1=C2[C@H]([C@H]3CC[C@H](CN=C(N)N)[C@@]4(C3)[C@@H]3[C@H](CC#C[C@@H]([C@H]5COC(=O)C5)C[C@H]5[C@@H](CC=C6CC[C@@H](C)C[C@@H]65)[C@H](C)C[C@@H](O)[C@]3(C)O)C[C@@]24O)[C@@]2(C)C[C@H](O)[C@H](O)C[C@H]2C1=O. The molecule has 13 heteroatoms. The number of hydrogen-bond donors (Lipinski definition) is 8. The Morgan fingerprint density at radius 3 is 2.43 bits per heavy atom. The zero-order chi connectivity index (χ0) is 46.5. The minimum absolute atomic E-state index is 0.0156. The van der Waals surface area contributed by atoms with E-state index in [0.717, 1.165) is 25.7 Å².